The van der Waals surface area contributed by atoms with Gasteiger partial charge in [0.05, 0.1) is 0 Å². The molecule has 0 radical (unpaired) electrons. The van der Waals surface area contributed by atoms with E-state index in [1.165, 1.54) is 16.7 Å². The fraction of sp³-hybridized carbons (Fsp3) is 0.0625. The van der Waals surface area contributed by atoms with Crippen LogP contribution in [0.15, 0.2) is 60.2 Å². The van der Waals surface area contributed by atoms with E-state index in [4.69, 9.17) is 0 Å². The molecule has 0 aliphatic heterocycles. The second-order valence-corrected chi connectivity index (χ2v) is 3.95. The summed E-state index contributed by atoms with van der Waals surface area (Å²) in [6.45, 7) is 1.91. The van der Waals surface area contributed by atoms with Crippen molar-refractivity contribution >= 4 is 12.4 Å². The molecule has 0 heterocycles. The van der Waals surface area contributed by atoms with Gasteiger partial charge in [-0.25, -0.2) is 0 Å². The van der Waals surface area contributed by atoms with Crippen LogP contribution >= 0.6 is 0 Å². The largest absolute Gasteiger partial charge is 0.299 e. The molecule has 0 aromatic carbocycles. The molecule has 0 aromatic heterocycles. The number of fused-ring (bicyclic) bond motifs is 1. The molecule has 0 aromatic rings. The average molecular weight is 222 g/mol. The minimum absolute atomic E-state index is 0.808. The predicted octanol–water partition coefficient (Wildman–Crippen LogP) is 3.95. The highest BCUT2D eigenvalue weighted by molar-refractivity contribution is 5.79. The Labute approximate surface area is 101 Å². The van der Waals surface area contributed by atoms with Crippen LogP contribution < -0.4 is 0 Å². The van der Waals surface area contributed by atoms with Crippen molar-refractivity contribution in [1.29, 1.82) is 0 Å². The lowest BCUT2D eigenvalue weighted by Gasteiger charge is -1.95. The maximum Gasteiger partial charge on any atom is 0.143 e. The summed E-state index contributed by atoms with van der Waals surface area (Å²) in [4.78, 5) is 10.3. The van der Waals surface area contributed by atoms with Gasteiger partial charge in [-0.1, -0.05) is 54.6 Å². The second-order valence-electron chi connectivity index (χ2n) is 3.95. The van der Waals surface area contributed by atoms with Gasteiger partial charge in [-0.2, -0.15) is 0 Å². The highest BCUT2D eigenvalue weighted by Crippen LogP contribution is 2.27. The summed E-state index contributed by atoms with van der Waals surface area (Å²) in [5.41, 5.74) is 4.58. The van der Waals surface area contributed by atoms with Crippen molar-refractivity contribution in [3.05, 3.63) is 65.8 Å². The topological polar surface area (TPSA) is 17.1 Å². The summed E-state index contributed by atoms with van der Waals surface area (Å²) in [5.74, 6) is 0. The van der Waals surface area contributed by atoms with Gasteiger partial charge in [0.25, 0.3) is 0 Å². The van der Waals surface area contributed by atoms with Crippen molar-refractivity contribution in [1.82, 2.24) is 0 Å². The Morgan fingerprint density at radius 2 is 1.88 bits per heavy atom. The van der Waals surface area contributed by atoms with Gasteiger partial charge in [0.1, 0.15) is 6.29 Å². The van der Waals surface area contributed by atoms with Crippen LogP contribution in [-0.4, -0.2) is 6.29 Å². The molecule has 1 heteroatoms. The van der Waals surface area contributed by atoms with Gasteiger partial charge >= 0.3 is 0 Å². The lowest BCUT2D eigenvalue weighted by Crippen LogP contribution is -1.73. The first-order valence-corrected chi connectivity index (χ1v) is 5.59. The lowest BCUT2D eigenvalue weighted by atomic mass is 10.1. The van der Waals surface area contributed by atoms with Gasteiger partial charge in [-0.3, -0.25) is 4.79 Å². The van der Waals surface area contributed by atoms with Crippen LogP contribution in [0.3, 0.4) is 0 Å². The Morgan fingerprint density at radius 1 is 1.06 bits per heavy atom. The van der Waals surface area contributed by atoms with E-state index >= 15 is 0 Å². The van der Waals surface area contributed by atoms with Crippen molar-refractivity contribution in [3.8, 4) is 11.1 Å². The SMILES string of the molecule is CC(/C=C/c1ccc2cccccc1-2)=C\C=O. The van der Waals surface area contributed by atoms with Crippen LogP contribution in [0.5, 0.6) is 0 Å². The van der Waals surface area contributed by atoms with Crippen LogP contribution in [0.25, 0.3) is 17.2 Å². The quantitative estimate of drug-likeness (QED) is 0.436. The maximum atomic E-state index is 10.3. The fourth-order valence-corrected chi connectivity index (χ4v) is 1.77. The molecule has 0 N–H and O–H groups in total. The maximum absolute atomic E-state index is 10.3. The molecule has 1 nitrogen and oxygen atoms in total. The van der Waals surface area contributed by atoms with E-state index in [9.17, 15) is 4.79 Å². The summed E-state index contributed by atoms with van der Waals surface area (Å²) < 4.78 is 0. The lowest BCUT2D eigenvalue weighted by molar-refractivity contribution is -0.104. The van der Waals surface area contributed by atoms with Crippen molar-refractivity contribution in [2.24, 2.45) is 0 Å². The normalized spacial score (nSPS) is 12.2. The molecule has 0 bridgehead atoms. The molecule has 2 rings (SSSR count). The smallest absolute Gasteiger partial charge is 0.143 e. The van der Waals surface area contributed by atoms with E-state index < -0.39 is 0 Å². The zero-order valence-corrected chi connectivity index (χ0v) is 9.76. The summed E-state index contributed by atoms with van der Waals surface area (Å²) in [7, 11) is 0. The Bertz CT molecular complexity index is 549. The number of carbonyl (C=O) groups is 1. The first kappa shape index (κ1) is 11.3. The van der Waals surface area contributed by atoms with Gasteiger partial charge < -0.3 is 0 Å². The first-order chi connectivity index (χ1) is 8.31. The molecule has 0 saturated carbocycles. The van der Waals surface area contributed by atoms with Crippen LogP contribution in [0.1, 0.15) is 12.5 Å². The van der Waals surface area contributed by atoms with E-state index in [1.807, 2.05) is 37.3 Å². The number of allylic oxidation sites excluding steroid dienone is 3. The summed E-state index contributed by atoms with van der Waals surface area (Å²) in [5, 5.41) is 0. The molecule has 0 fully saturated rings. The van der Waals surface area contributed by atoms with Crippen molar-refractivity contribution in [2.75, 3.05) is 0 Å². The Morgan fingerprint density at radius 3 is 2.71 bits per heavy atom. The summed E-state index contributed by atoms with van der Waals surface area (Å²) >= 11 is 0. The third-order valence-corrected chi connectivity index (χ3v) is 2.68. The van der Waals surface area contributed by atoms with Gasteiger partial charge in [-0.05, 0) is 35.3 Å². The number of rotatable bonds is 3. The minimum atomic E-state index is 0.808. The molecule has 2 aliphatic carbocycles. The molecule has 84 valence electrons. The van der Waals surface area contributed by atoms with Gasteiger partial charge in [0, 0.05) is 0 Å². The molecule has 0 spiro atoms. The highest BCUT2D eigenvalue weighted by atomic mass is 16.1. The van der Waals surface area contributed by atoms with E-state index in [2.05, 4.69) is 24.3 Å². The average Bonchev–Trinajstić information content (AvgIpc) is 2.56. The van der Waals surface area contributed by atoms with Gasteiger partial charge in [-0.15, -0.1) is 0 Å². The number of hydrogen-bond acceptors (Lipinski definition) is 1. The Balaban J connectivity index is 2.34. The van der Waals surface area contributed by atoms with Gasteiger partial charge in [0.2, 0.25) is 0 Å². The standard InChI is InChI=1S/C16H14O/c1-13(11-12-17)7-8-15-10-9-14-5-3-2-4-6-16(14)15/h2-12H,1H3/b8-7+,13-11+. The molecule has 2 aliphatic rings. The minimum Gasteiger partial charge on any atom is -0.299 e. The second kappa shape index (κ2) is 5.26. The van der Waals surface area contributed by atoms with E-state index in [1.54, 1.807) is 6.08 Å². The van der Waals surface area contributed by atoms with Crippen molar-refractivity contribution in [2.45, 2.75) is 6.92 Å². The molecule has 17 heavy (non-hydrogen) atoms. The highest BCUT2D eigenvalue weighted by Gasteiger charge is 2.03. The van der Waals surface area contributed by atoms with Gasteiger partial charge in [0.15, 0.2) is 0 Å². The Kier molecular flexibility index (Phi) is 3.51. The van der Waals surface area contributed by atoms with E-state index in [0.29, 0.717) is 0 Å². The van der Waals surface area contributed by atoms with Crippen LogP contribution in [-0.2, 0) is 4.79 Å². The number of hydrogen-bond donors (Lipinski definition) is 0. The number of carbonyl (C=O) groups excluding carboxylic acids is 1. The molecule has 0 amide bonds. The van der Waals surface area contributed by atoms with E-state index in [-0.39, 0.29) is 0 Å². The third kappa shape index (κ3) is 2.70. The van der Waals surface area contributed by atoms with Crippen LogP contribution in [0.2, 0.25) is 0 Å². The monoisotopic (exact) mass is 222 g/mol. The van der Waals surface area contributed by atoms with Crippen LogP contribution in [0.4, 0.5) is 0 Å². The number of aldehydes is 1. The van der Waals surface area contributed by atoms with Crippen molar-refractivity contribution in [3.63, 3.8) is 0 Å². The molecule has 0 saturated heterocycles. The molecular formula is C16H14O. The Hall–Kier alpha value is -2.15. The van der Waals surface area contributed by atoms with Crippen molar-refractivity contribution < 1.29 is 4.79 Å². The summed E-state index contributed by atoms with van der Waals surface area (Å²) in [6, 6.07) is 14.5. The third-order valence-electron chi connectivity index (χ3n) is 2.68. The predicted molar refractivity (Wildman–Crippen MR) is 71.9 cm³/mol. The van der Waals surface area contributed by atoms with Crippen LogP contribution in [0, 0.1) is 0 Å². The first-order valence-electron chi connectivity index (χ1n) is 5.59. The summed E-state index contributed by atoms with van der Waals surface area (Å²) in [6.07, 6.45) is 6.36. The molecule has 0 unspecified atom stereocenters. The zero-order chi connectivity index (χ0) is 12.1. The zero-order valence-electron chi connectivity index (χ0n) is 9.76. The molecular weight excluding hydrogens is 208 g/mol. The fourth-order valence-electron chi connectivity index (χ4n) is 1.77. The molecule has 0 atom stereocenters. The van der Waals surface area contributed by atoms with E-state index in [0.717, 1.165) is 11.9 Å².